The van der Waals surface area contributed by atoms with Crippen LogP contribution < -0.4 is 4.74 Å². The highest BCUT2D eigenvalue weighted by atomic mass is 32.1. The molecule has 0 N–H and O–H groups in total. The van der Waals surface area contributed by atoms with E-state index in [0.29, 0.717) is 6.61 Å². The van der Waals surface area contributed by atoms with E-state index < -0.39 is 0 Å². The first kappa shape index (κ1) is 12.8. The van der Waals surface area contributed by atoms with E-state index in [4.69, 9.17) is 4.74 Å². The summed E-state index contributed by atoms with van der Waals surface area (Å²) in [6, 6.07) is 9.36. The van der Waals surface area contributed by atoms with Crippen molar-refractivity contribution in [2.45, 2.75) is 20.3 Å². The molecule has 2 aromatic rings. The van der Waals surface area contributed by atoms with Gasteiger partial charge in [-0.3, -0.25) is 4.79 Å². The average molecular weight is 260 g/mol. The van der Waals surface area contributed by atoms with E-state index in [0.717, 1.165) is 28.2 Å². The van der Waals surface area contributed by atoms with Gasteiger partial charge in [-0.1, -0.05) is 6.92 Å². The Kier molecular flexibility index (Phi) is 4.15. The monoisotopic (exact) mass is 260 g/mol. The molecule has 94 valence electrons. The Labute approximate surface area is 111 Å². The van der Waals surface area contributed by atoms with Crippen LogP contribution in [0.1, 0.15) is 34.6 Å². The van der Waals surface area contributed by atoms with Crippen LogP contribution in [0.2, 0.25) is 0 Å². The van der Waals surface area contributed by atoms with Crippen molar-refractivity contribution < 1.29 is 9.53 Å². The summed E-state index contributed by atoms with van der Waals surface area (Å²) in [5.41, 5.74) is 1.84. The highest BCUT2D eigenvalue weighted by Gasteiger charge is 2.14. The van der Waals surface area contributed by atoms with Crippen LogP contribution in [0.25, 0.3) is 0 Å². The minimum atomic E-state index is 0.102. The van der Waals surface area contributed by atoms with Gasteiger partial charge in [-0.15, -0.1) is 11.3 Å². The molecule has 0 atom stereocenters. The van der Waals surface area contributed by atoms with Crippen molar-refractivity contribution in [3.05, 3.63) is 51.7 Å². The van der Waals surface area contributed by atoms with E-state index in [9.17, 15) is 4.79 Å². The molecule has 0 aliphatic heterocycles. The minimum Gasteiger partial charge on any atom is -0.494 e. The zero-order chi connectivity index (χ0) is 13.0. The molecule has 0 amide bonds. The van der Waals surface area contributed by atoms with E-state index in [1.54, 1.807) is 0 Å². The van der Waals surface area contributed by atoms with Gasteiger partial charge in [0, 0.05) is 5.56 Å². The molecule has 0 bridgehead atoms. The normalized spacial score (nSPS) is 10.3. The smallest absolute Gasteiger partial charge is 0.203 e. The zero-order valence-corrected chi connectivity index (χ0v) is 11.4. The van der Waals surface area contributed by atoms with E-state index in [1.807, 2.05) is 42.6 Å². The standard InChI is InChI=1S/C15H16O2S/c1-3-11-9-10-18-15(11)14(16)12-5-7-13(8-6-12)17-4-2/h5-10H,3-4H2,1-2H3. The number of hydrogen-bond donors (Lipinski definition) is 0. The van der Waals surface area contributed by atoms with Crippen LogP contribution in [-0.2, 0) is 6.42 Å². The summed E-state index contributed by atoms with van der Waals surface area (Å²) >= 11 is 1.51. The molecule has 18 heavy (non-hydrogen) atoms. The molecule has 0 radical (unpaired) electrons. The number of ketones is 1. The zero-order valence-electron chi connectivity index (χ0n) is 10.6. The number of carbonyl (C=O) groups excluding carboxylic acids is 1. The summed E-state index contributed by atoms with van der Waals surface area (Å²) < 4.78 is 5.37. The highest BCUT2D eigenvalue weighted by Crippen LogP contribution is 2.22. The first-order chi connectivity index (χ1) is 8.76. The Balaban J connectivity index is 2.23. The van der Waals surface area contributed by atoms with Gasteiger partial charge in [-0.05, 0) is 54.6 Å². The molecule has 3 heteroatoms. The van der Waals surface area contributed by atoms with Crippen molar-refractivity contribution >= 4 is 17.1 Å². The second-order valence-corrected chi connectivity index (χ2v) is 4.83. The van der Waals surface area contributed by atoms with Gasteiger partial charge >= 0.3 is 0 Å². The van der Waals surface area contributed by atoms with Crippen LogP contribution in [0.3, 0.4) is 0 Å². The highest BCUT2D eigenvalue weighted by molar-refractivity contribution is 7.12. The fraction of sp³-hybridized carbons (Fsp3) is 0.267. The fourth-order valence-electron chi connectivity index (χ4n) is 1.81. The van der Waals surface area contributed by atoms with Crippen molar-refractivity contribution in [3.63, 3.8) is 0 Å². The molecule has 0 saturated carbocycles. The topological polar surface area (TPSA) is 26.3 Å². The molecule has 1 aromatic carbocycles. The van der Waals surface area contributed by atoms with Crippen molar-refractivity contribution in [1.29, 1.82) is 0 Å². The Morgan fingerprint density at radius 1 is 1.17 bits per heavy atom. The van der Waals surface area contributed by atoms with Gasteiger partial charge in [0.2, 0.25) is 5.78 Å². The summed E-state index contributed by atoms with van der Waals surface area (Å²) in [5.74, 6) is 0.904. The lowest BCUT2D eigenvalue weighted by molar-refractivity contribution is 0.104. The second-order valence-electron chi connectivity index (χ2n) is 3.92. The second kappa shape index (κ2) is 5.83. The third kappa shape index (κ3) is 2.62. The third-order valence-electron chi connectivity index (χ3n) is 2.76. The number of ether oxygens (including phenoxy) is 1. The van der Waals surface area contributed by atoms with Gasteiger partial charge in [-0.25, -0.2) is 0 Å². The molecular formula is C15H16O2S. The average Bonchev–Trinajstić information content (AvgIpc) is 2.87. The van der Waals surface area contributed by atoms with Crippen LogP contribution in [0.5, 0.6) is 5.75 Å². The number of rotatable bonds is 5. The maximum absolute atomic E-state index is 12.3. The maximum Gasteiger partial charge on any atom is 0.203 e. The summed E-state index contributed by atoms with van der Waals surface area (Å²) in [4.78, 5) is 13.2. The van der Waals surface area contributed by atoms with E-state index in [1.165, 1.54) is 11.3 Å². The molecule has 0 aliphatic rings. The van der Waals surface area contributed by atoms with Crippen molar-refractivity contribution in [2.75, 3.05) is 6.61 Å². The third-order valence-corrected chi connectivity index (χ3v) is 3.72. The maximum atomic E-state index is 12.3. The number of thiophene rings is 1. The molecule has 1 heterocycles. The molecule has 0 saturated heterocycles. The molecule has 1 aromatic heterocycles. The number of aryl methyl sites for hydroxylation is 1. The van der Waals surface area contributed by atoms with Crippen LogP contribution in [0.4, 0.5) is 0 Å². The van der Waals surface area contributed by atoms with Gasteiger partial charge in [-0.2, -0.15) is 0 Å². The lowest BCUT2D eigenvalue weighted by atomic mass is 10.1. The van der Waals surface area contributed by atoms with Gasteiger partial charge in [0.05, 0.1) is 11.5 Å². The minimum absolute atomic E-state index is 0.102. The van der Waals surface area contributed by atoms with Crippen LogP contribution in [0.15, 0.2) is 35.7 Å². The summed E-state index contributed by atoms with van der Waals surface area (Å²) in [6.07, 6.45) is 0.890. The Morgan fingerprint density at radius 3 is 2.50 bits per heavy atom. The molecule has 2 rings (SSSR count). The Hall–Kier alpha value is -1.61. The summed E-state index contributed by atoms with van der Waals surface area (Å²) in [7, 11) is 0. The Bertz CT molecular complexity index is 526. The molecular weight excluding hydrogens is 244 g/mol. The predicted molar refractivity (Wildman–Crippen MR) is 74.7 cm³/mol. The first-order valence-electron chi connectivity index (χ1n) is 6.10. The number of benzene rings is 1. The summed E-state index contributed by atoms with van der Waals surface area (Å²) in [6.45, 7) is 4.65. The summed E-state index contributed by atoms with van der Waals surface area (Å²) in [5, 5.41) is 1.97. The van der Waals surface area contributed by atoms with Crippen molar-refractivity contribution in [1.82, 2.24) is 0 Å². The van der Waals surface area contributed by atoms with Gasteiger partial charge in [0.15, 0.2) is 0 Å². The van der Waals surface area contributed by atoms with E-state index >= 15 is 0 Å². The van der Waals surface area contributed by atoms with Gasteiger partial charge in [0.25, 0.3) is 0 Å². The SMILES string of the molecule is CCOc1ccc(C(=O)c2sccc2CC)cc1. The fourth-order valence-corrected chi connectivity index (χ4v) is 2.77. The predicted octanol–water partition coefficient (Wildman–Crippen LogP) is 3.94. The van der Waals surface area contributed by atoms with E-state index in [-0.39, 0.29) is 5.78 Å². The molecule has 2 nitrogen and oxygen atoms in total. The van der Waals surface area contributed by atoms with Crippen LogP contribution >= 0.6 is 11.3 Å². The number of carbonyl (C=O) groups is 1. The van der Waals surface area contributed by atoms with Crippen molar-refractivity contribution in [2.24, 2.45) is 0 Å². The number of hydrogen-bond acceptors (Lipinski definition) is 3. The van der Waals surface area contributed by atoms with Crippen LogP contribution in [-0.4, -0.2) is 12.4 Å². The Morgan fingerprint density at radius 2 is 1.89 bits per heavy atom. The largest absolute Gasteiger partial charge is 0.494 e. The molecule has 0 spiro atoms. The van der Waals surface area contributed by atoms with Crippen molar-refractivity contribution in [3.8, 4) is 5.75 Å². The molecule has 0 fully saturated rings. The lowest BCUT2D eigenvalue weighted by Gasteiger charge is -2.04. The first-order valence-corrected chi connectivity index (χ1v) is 6.98. The molecule has 0 unspecified atom stereocenters. The van der Waals surface area contributed by atoms with Gasteiger partial charge in [0.1, 0.15) is 5.75 Å². The quantitative estimate of drug-likeness (QED) is 0.761. The molecule has 0 aliphatic carbocycles. The van der Waals surface area contributed by atoms with E-state index in [2.05, 4.69) is 6.92 Å². The van der Waals surface area contributed by atoms with Crippen LogP contribution in [0, 0.1) is 0 Å². The lowest BCUT2D eigenvalue weighted by Crippen LogP contribution is -2.01. The van der Waals surface area contributed by atoms with Gasteiger partial charge < -0.3 is 4.74 Å².